The number of carbonyl (C=O) groups excluding carboxylic acids is 1. The third kappa shape index (κ3) is 2.86. The molecule has 1 amide bonds. The van der Waals surface area contributed by atoms with Gasteiger partial charge in [0, 0.05) is 43.5 Å². The summed E-state index contributed by atoms with van der Waals surface area (Å²) in [7, 11) is 0. The van der Waals surface area contributed by atoms with E-state index in [0.29, 0.717) is 6.54 Å². The van der Waals surface area contributed by atoms with Crippen molar-refractivity contribution in [3.63, 3.8) is 0 Å². The molecule has 0 bridgehead atoms. The van der Waals surface area contributed by atoms with Gasteiger partial charge in [-0.2, -0.15) is 0 Å². The van der Waals surface area contributed by atoms with Crippen molar-refractivity contribution in [3.05, 3.63) is 65.0 Å². The van der Waals surface area contributed by atoms with Crippen LogP contribution in [0, 0.1) is 0 Å². The molecule has 0 radical (unpaired) electrons. The van der Waals surface area contributed by atoms with Crippen molar-refractivity contribution in [1.82, 2.24) is 15.6 Å². The van der Waals surface area contributed by atoms with Crippen molar-refractivity contribution in [2.45, 2.75) is 19.5 Å². The average molecular weight is 267 g/mol. The van der Waals surface area contributed by atoms with E-state index in [9.17, 15) is 4.79 Å². The summed E-state index contributed by atoms with van der Waals surface area (Å²) in [6.45, 7) is 2.35. The van der Waals surface area contributed by atoms with Gasteiger partial charge in [-0.05, 0) is 35.4 Å². The molecule has 1 aliphatic rings. The quantitative estimate of drug-likeness (QED) is 0.885. The van der Waals surface area contributed by atoms with E-state index in [-0.39, 0.29) is 5.91 Å². The fourth-order valence-corrected chi connectivity index (χ4v) is 2.39. The molecule has 1 aliphatic heterocycles. The van der Waals surface area contributed by atoms with Crippen LogP contribution in [0.25, 0.3) is 0 Å². The van der Waals surface area contributed by atoms with Crippen LogP contribution in [0.5, 0.6) is 0 Å². The van der Waals surface area contributed by atoms with Crippen LogP contribution >= 0.6 is 0 Å². The van der Waals surface area contributed by atoms with Crippen molar-refractivity contribution in [2.24, 2.45) is 0 Å². The van der Waals surface area contributed by atoms with Gasteiger partial charge < -0.3 is 10.6 Å². The number of hydrogen-bond acceptors (Lipinski definition) is 3. The molecule has 102 valence electrons. The van der Waals surface area contributed by atoms with Crippen molar-refractivity contribution in [3.8, 4) is 0 Å². The molecule has 1 aromatic carbocycles. The van der Waals surface area contributed by atoms with Gasteiger partial charge in [-0.15, -0.1) is 0 Å². The number of amides is 1. The van der Waals surface area contributed by atoms with Crippen molar-refractivity contribution < 1.29 is 4.79 Å². The highest BCUT2D eigenvalue weighted by Gasteiger charge is 2.13. The van der Waals surface area contributed by atoms with Gasteiger partial charge in [-0.1, -0.05) is 12.1 Å². The molecule has 0 atom stereocenters. The summed E-state index contributed by atoms with van der Waals surface area (Å²) in [5.74, 6) is -0.0179. The Morgan fingerprint density at radius 2 is 2.10 bits per heavy atom. The number of pyridine rings is 1. The number of aromatic nitrogens is 1. The van der Waals surface area contributed by atoms with E-state index in [1.807, 2.05) is 36.4 Å². The van der Waals surface area contributed by atoms with E-state index >= 15 is 0 Å². The Hall–Kier alpha value is -2.20. The second kappa shape index (κ2) is 5.84. The van der Waals surface area contributed by atoms with Gasteiger partial charge in [0.25, 0.3) is 5.91 Å². The summed E-state index contributed by atoms with van der Waals surface area (Å²) in [5, 5.41) is 6.22. The Balaban J connectivity index is 1.57. The first-order valence-electron chi connectivity index (χ1n) is 6.83. The standard InChI is InChI=1S/C16H17N3O/c20-16(19-8-6-15-3-1-2-7-18-15)12-4-5-13-10-17-11-14(13)9-12/h1-5,7,9,17H,6,8,10-11H2,(H,19,20). The molecule has 1 aromatic heterocycles. The molecular weight excluding hydrogens is 250 g/mol. The highest BCUT2D eigenvalue weighted by molar-refractivity contribution is 5.94. The van der Waals surface area contributed by atoms with E-state index in [2.05, 4.69) is 15.6 Å². The fraction of sp³-hybridized carbons (Fsp3) is 0.250. The van der Waals surface area contributed by atoms with Crippen LogP contribution in [-0.4, -0.2) is 17.4 Å². The molecule has 0 saturated carbocycles. The minimum Gasteiger partial charge on any atom is -0.352 e. The summed E-state index contributed by atoms with van der Waals surface area (Å²) in [6.07, 6.45) is 2.52. The maximum absolute atomic E-state index is 12.1. The Labute approximate surface area is 118 Å². The van der Waals surface area contributed by atoms with Gasteiger partial charge in [-0.25, -0.2) is 0 Å². The lowest BCUT2D eigenvalue weighted by atomic mass is 10.1. The normalized spacial score (nSPS) is 13.0. The van der Waals surface area contributed by atoms with Crippen LogP contribution in [0.2, 0.25) is 0 Å². The van der Waals surface area contributed by atoms with Gasteiger partial charge in [0.05, 0.1) is 0 Å². The predicted octanol–water partition coefficient (Wildman–Crippen LogP) is 1.66. The summed E-state index contributed by atoms with van der Waals surface area (Å²) in [6, 6.07) is 11.7. The van der Waals surface area contributed by atoms with Crippen LogP contribution in [0.3, 0.4) is 0 Å². The maximum Gasteiger partial charge on any atom is 0.251 e. The Morgan fingerprint density at radius 1 is 1.20 bits per heavy atom. The van der Waals surface area contributed by atoms with Crippen molar-refractivity contribution in [1.29, 1.82) is 0 Å². The molecule has 0 unspecified atom stereocenters. The summed E-state index contributed by atoms with van der Waals surface area (Å²) in [5.41, 5.74) is 4.23. The monoisotopic (exact) mass is 267 g/mol. The lowest BCUT2D eigenvalue weighted by Crippen LogP contribution is -2.26. The van der Waals surface area contributed by atoms with Gasteiger partial charge in [0.2, 0.25) is 0 Å². The zero-order valence-electron chi connectivity index (χ0n) is 11.2. The van der Waals surface area contributed by atoms with E-state index in [4.69, 9.17) is 0 Å². The molecular formula is C16H17N3O. The van der Waals surface area contributed by atoms with Gasteiger partial charge in [0.15, 0.2) is 0 Å². The minimum atomic E-state index is -0.0179. The van der Waals surface area contributed by atoms with Gasteiger partial charge in [0.1, 0.15) is 0 Å². The lowest BCUT2D eigenvalue weighted by Gasteiger charge is -2.06. The third-order valence-electron chi connectivity index (χ3n) is 3.49. The zero-order chi connectivity index (χ0) is 13.8. The molecule has 2 N–H and O–H groups in total. The average Bonchev–Trinajstić information content (AvgIpc) is 2.95. The molecule has 4 nitrogen and oxygen atoms in total. The topological polar surface area (TPSA) is 54.0 Å². The first-order chi connectivity index (χ1) is 9.83. The number of fused-ring (bicyclic) bond motifs is 1. The highest BCUT2D eigenvalue weighted by atomic mass is 16.1. The fourth-order valence-electron chi connectivity index (χ4n) is 2.39. The first-order valence-corrected chi connectivity index (χ1v) is 6.83. The largest absolute Gasteiger partial charge is 0.352 e. The SMILES string of the molecule is O=C(NCCc1ccccn1)c1ccc2c(c1)CNC2. The zero-order valence-corrected chi connectivity index (χ0v) is 11.2. The van der Waals surface area contributed by atoms with Crippen LogP contribution in [0.4, 0.5) is 0 Å². The van der Waals surface area contributed by atoms with Crippen LogP contribution in [-0.2, 0) is 19.5 Å². The summed E-state index contributed by atoms with van der Waals surface area (Å²) < 4.78 is 0. The molecule has 0 aliphatic carbocycles. The summed E-state index contributed by atoms with van der Waals surface area (Å²) >= 11 is 0. The smallest absolute Gasteiger partial charge is 0.251 e. The highest BCUT2D eigenvalue weighted by Crippen LogP contribution is 2.16. The second-order valence-corrected chi connectivity index (χ2v) is 4.91. The third-order valence-corrected chi connectivity index (χ3v) is 3.49. The number of rotatable bonds is 4. The van der Waals surface area contributed by atoms with Crippen LogP contribution in [0.15, 0.2) is 42.6 Å². The number of nitrogens with zero attached hydrogens (tertiary/aromatic N) is 1. The number of benzene rings is 1. The Morgan fingerprint density at radius 3 is 2.95 bits per heavy atom. The summed E-state index contributed by atoms with van der Waals surface area (Å²) in [4.78, 5) is 16.3. The molecule has 0 fully saturated rings. The number of hydrogen-bond donors (Lipinski definition) is 2. The van der Waals surface area contributed by atoms with E-state index < -0.39 is 0 Å². The molecule has 2 heterocycles. The van der Waals surface area contributed by atoms with E-state index in [1.54, 1.807) is 6.20 Å². The van der Waals surface area contributed by atoms with Gasteiger partial charge in [-0.3, -0.25) is 9.78 Å². The van der Waals surface area contributed by atoms with Crippen LogP contribution in [0.1, 0.15) is 27.2 Å². The Bertz CT molecular complexity index is 610. The van der Waals surface area contributed by atoms with Crippen molar-refractivity contribution >= 4 is 5.91 Å². The van der Waals surface area contributed by atoms with Gasteiger partial charge >= 0.3 is 0 Å². The van der Waals surface area contributed by atoms with E-state index in [1.165, 1.54) is 11.1 Å². The molecule has 3 rings (SSSR count). The second-order valence-electron chi connectivity index (χ2n) is 4.91. The number of nitrogens with one attached hydrogen (secondary N) is 2. The predicted molar refractivity (Wildman–Crippen MR) is 77.3 cm³/mol. The van der Waals surface area contributed by atoms with Crippen molar-refractivity contribution in [2.75, 3.05) is 6.54 Å². The molecule has 4 heteroatoms. The minimum absolute atomic E-state index is 0.0179. The van der Waals surface area contributed by atoms with Crippen LogP contribution < -0.4 is 10.6 Å². The first kappa shape index (κ1) is 12.8. The molecule has 20 heavy (non-hydrogen) atoms. The lowest BCUT2D eigenvalue weighted by molar-refractivity contribution is 0.0954. The van der Waals surface area contributed by atoms with E-state index in [0.717, 1.165) is 30.8 Å². The Kier molecular flexibility index (Phi) is 3.74. The molecule has 2 aromatic rings. The molecule has 0 saturated heterocycles. The maximum atomic E-state index is 12.1. The molecule has 0 spiro atoms. The number of carbonyl (C=O) groups is 1.